The Bertz CT molecular complexity index is 1010. The topological polar surface area (TPSA) is 100 Å². The minimum Gasteiger partial charge on any atom is -0.480 e. The molecule has 3 aromatic rings. The van der Waals surface area contributed by atoms with Crippen LogP contribution in [0.2, 0.25) is 0 Å². The molecule has 4 rings (SSSR count). The predicted molar refractivity (Wildman–Crippen MR) is 90.6 cm³/mol. The molecule has 1 aromatic carbocycles. The molecule has 1 aliphatic rings. The summed E-state index contributed by atoms with van der Waals surface area (Å²) in [6, 6.07) is 9.17. The molecule has 0 bridgehead atoms. The van der Waals surface area contributed by atoms with Crippen LogP contribution in [0.1, 0.15) is 15.9 Å². The van der Waals surface area contributed by atoms with Crippen LogP contribution in [-0.4, -0.2) is 43.2 Å². The van der Waals surface area contributed by atoms with Crippen molar-refractivity contribution in [2.75, 3.05) is 11.9 Å². The van der Waals surface area contributed by atoms with Gasteiger partial charge < -0.3 is 15.3 Å². The smallest absolute Gasteiger partial charge is 0.323 e. The van der Waals surface area contributed by atoms with Crippen molar-refractivity contribution in [2.45, 2.75) is 6.54 Å². The van der Waals surface area contributed by atoms with E-state index >= 15 is 0 Å². The fraction of sp³-hybridized carbons (Fsp3) is 0.176. The lowest BCUT2D eigenvalue weighted by atomic mass is 10.1. The number of carboxylic acids is 1. The minimum atomic E-state index is -1.03. The number of aryl methyl sites for hydroxylation is 1. The van der Waals surface area contributed by atoms with Crippen molar-refractivity contribution >= 4 is 34.4 Å². The van der Waals surface area contributed by atoms with Gasteiger partial charge in [0.1, 0.15) is 17.9 Å². The highest BCUT2D eigenvalue weighted by Gasteiger charge is 2.31. The van der Waals surface area contributed by atoms with Gasteiger partial charge in [0.15, 0.2) is 0 Å². The molecule has 8 heteroatoms. The SMILES string of the molecule is Cn1ncc2nc(Nc3cccc4c3C(=O)N(CC(=O)O)C4)ccc21. The van der Waals surface area contributed by atoms with Crippen LogP contribution in [0.15, 0.2) is 36.5 Å². The van der Waals surface area contributed by atoms with E-state index in [1.165, 1.54) is 4.90 Å². The van der Waals surface area contributed by atoms with E-state index in [1.54, 1.807) is 16.9 Å². The number of carboxylic acid groups (broad SMARTS) is 1. The second-order valence-electron chi connectivity index (χ2n) is 5.89. The third-order valence-corrected chi connectivity index (χ3v) is 4.21. The summed E-state index contributed by atoms with van der Waals surface area (Å²) in [5.41, 5.74) is 3.58. The second-order valence-corrected chi connectivity index (χ2v) is 5.89. The first kappa shape index (κ1) is 15.1. The Morgan fingerprint density at radius 2 is 2.16 bits per heavy atom. The monoisotopic (exact) mass is 337 g/mol. The summed E-state index contributed by atoms with van der Waals surface area (Å²) in [5, 5.41) is 16.3. The van der Waals surface area contributed by atoms with Gasteiger partial charge in [0.25, 0.3) is 5.91 Å². The van der Waals surface area contributed by atoms with E-state index < -0.39 is 5.97 Å². The number of hydrogen-bond acceptors (Lipinski definition) is 5. The van der Waals surface area contributed by atoms with Crippen molar-refractivity contribution < 1.29 is 14.7 Å². The van der Waals surface area contributed by atoms with Gasteiger partial charge in [-0.2, -0.15) is 5.10 Å². The second kappa shape index (κ2) is 5.59. The van der Waals surface area contributed by atoms with Gasteiger partial charge in [-0.1, -0.05) is 12.1 Å². The number of hydrogen-bond donors (Lipinski definition) is 2. The number of carbonyl (C=O) groups excluding carboxylic acids is 1. The van der Waals surface area contributed by atoms with Gasteiger partial charge in [-0.25, -0.2) is 4.98 Å². The van der Waals surface area contributed by atoms with Gasteiger partial charge in [-0.15, -0.1) is 0 Å². The first-order valence-corrected chi connectivity index (χ1v) is 7.71. The average Bonchev–Trinajstić information content (AvgIpc) is 3.09. The van der Waals surface area contributed by atoms with Crippen LogP contribution in [0.4, 0.5) is 11.5 Å². The third kappa shape index (κ3) is 2.57. The highest BCUT2D eigenvalue weighted by Crippen LogP contribution is 2.31. The fourth-order valence-electron chi connectivity index (χ4n) is 3.06. The van der Waals surface area contributed by atoms with Crippen LogP contribution in [0.3, 0.4) is 0 Å². The van der Waals surface area contributed by atoms with Gasteiger partial charge in [0.05, 0.1) is 23.0 Å². The number of nitrogens with zero attached hydrogens (tertiary/aromatic N) is 4. The quantitative estimate of drug-likeness (QED) is 0.752. The summed E-state index contributed by atoms with van der Waals surface area (Å²) in [6.45, 7) is -0.0160. The van der Waals surface area contributed by atoms with Crippen molar-refractivity contribution in [2.24, 2.45) is 7.05 Å². The summed E-state index contributed by atoms with van der Waals surface area (Å²) < 4.78 is 1.74. The predicted octanol–water partition coefficient (Wildman–Crippen LogP) is 1.75. The Labute approximate surface area is 142 Å². The van der Waals surface area contributed by atoms with E-state index in [-0.39, 0.29) is 12.5 Å². The zero-order chi connectivity index (χ0) is 17.6. The number of carbonyl (C=O) groups is 2. The van der Waals surface area contributed by atoms with E-state index in [0.29, 0.717) is 23.6 Å². The van der Waals surface area contributed by atoms with Crippen LogP contribution in [-0.2, 0) is 18.4 Å². The van der Waals surface area contributed by atoms with Crippen molar-refractivity contribution in [3.05, 3.63) is 47.7 Å². The van der Waals surface area contributed by atoms with E-state index in [4.69, 9.17) is 5.11 Å². The molecule has 0 spiro atoms. The Morgan fingerprint density at radius 3 is 2.96 bits per heavy atom. The standard InChI is InChI=1S/C17H15N5O3/c1-21-13-5-6-14(20-12(13)7-18-21)19-11-4-2-3-10-8-22(9-15(23)24)17(25)16(10)11/h2-7H,8-9H2,1H3,(H,19,20)(H,23,24). The molecular weight excluding hydrogens is 322 g/mol. The molecule has 1 amide bonds. The molecule has 1 aliphatic heterocycles. The summed E-state index contributed by atoms with van der Waals surface area (Å²) in [4.78, 5) is 29.3. The number of benzene rings is 1. The Morgan fingerprint density at radius 1 is 1.32 bits per heavy atom. The van der Waals surface area contributed by atoms with Crippen molar-refractivity contribution in [3.63, 3.8) is 0 Å². The Balaban J connectivity index is 1.67. The molecule has 0 fully saturated rings. The normalized spacial score (nSPS) is 13.3. The summed E-state index contributed by atoms with van der Waals surface area (Å²) in [5.74, 6) is -0.722. The molecule has 3 heterocycles. The molecule has 2 aromatic heterocycles. The number of pyridine rings is 1. The van der Waals surface area contributed by atoms with Crippen molar-refractivity contribution in [3.8, 4) is 0 Å². The fourth-order valence-corrected chi connectivity index (χ4v) is 3.06. The molecule has 25 heavy (non-hydrogen) atoms. The number of aromatic nitrogens is 3. The number of rotatable bonds is 4. The third-order valence-electron chi connectivity index (χ3n) is 4.21. The number of anilines is 2. The van der Waals surface area contributed by atoms with E-state index in [0.717, 1.165) is 16.6 Å². The van der Waals surface area contributed by atoms with Crippen molar-refractivity contribution in [1.82, 2.24) is 19.7 Å². The number of amides is 1. The zero-order valence-corrected chi connectivity index (χ0v) is 13.4. The maximum Gasteiger partial charge on any atom is 0.323 e. The van der Waals surface area contributed by atoms with Gasteiger partial charge in [-0.05, 0) is 23.8 Å². The van der Waals surface area contributed by atoms with Gasteiger partial charge >= 0.3 is 5.97 Å². The van der Waals surface area contributed by atoms with E-state index in [1.807, 2.05) is 31.3 Å². The number of fused-ring (bicyclic) bond motifs is 2. The van der Waals surface area contributed by atoms with Gasteiger partial charge in [0, 0.05) is 13.6 Å². The zero-order valence-electron chi connectivity index (χ0n) is 13.4. The van der Waals surface area contributed by atoms with E-state index in [9.17, 15) is 9.59 Å². The molecule has 2 N–H and O–H groups in total. The van der Waals surface area contributed by atoms with Crippen molar-refractivity contribution in [1.29, 1.82) is 0 Å². The lowest BCUT2D eigenvalue weighted by Gasteiger charge is -2.12. The lowest BCUT2D eigenvalue weighted by Crippen LogP contribution is -2.30. The van der Waals surface area contributed by atoms with Crippen LogP contribution >= 0.6 is 0 Å². The largest absolute Gasteiger partial charge is 0.480 e. The number of aliphatic carboxylic acids is 1. The minimum absolute atomic E-state index is 0.289. The van der Waals surface area contributed by atoms with Crippen LogP contribution in [0, 0.1) is 0 Å². The average molecular weight is 337 g/mol. The summed E-state index contributed by atoms with van der Waals surface area (Å²) in [6.07, 6.45) is 1.68. The molecule has 8 nitrogen and oxygen atoms in total. The van der Waals surface area contributed by atoms with Gasteiger partial charge in [-0.3, -0.25) is 14.3 Å². The molecule has 126 valence electrons. The lowest BCUT2D eigenvalue weighted by molar-refractivity contribution is -0.137. The van der Waals surface area contributed by atoms with Crippen LogP contribution in [0.25, 0.3) is 11.0 Å². The molecular formula is C17H15N5O3. The molecule has 0 atom stereocenters. The maximum absolute atomic E-state index is 12.5. The first-order valence-electron chi connectivity index (χ1n) is 7.71. The maximum atomic E-state index is 12.5. The van der Waals surface area contributed by atoms with E-state index in [2.05, 4.69) is 15.4 Å². The molecule has 0 saturated carbocycles. The number of nitrogens with one attached hydrogen (secondary N) is 1. The van der Waals surface area contributed by atoms with Crippen LogP contribution in [0.5, 0.6) is 0 Å². The van der Waals surface area contributed by atoms with Crippen LogP contribution < -0.4 is 5.32 Å². The molecule has 0 unspecified atom stereocenters. The summed E-state index contributed by atoms with van der Waals surface area (Å²) >= 11 is 0. The Hall–Kier alpha value is -3.42. The molecule has 0 saturated heterocycles. The highest BCUT2D eigenvalue weighted by atomic mass is 16.4. The van der Waals surface area contributed by atoms with Gasteiger partial charge in [0.2, 0.25) is 0 Å². The molecule has 0 radical (unpaired) electrons. The summed E-state index contributed by atoms with van der Waals surface area (Å²) in [7, 11) is 1.84. The first-order chi connectivity index (χ1) is 12.0. The Kier molecular flexibility index (Phi) is 3.38. The highest BCUT2D eigenvalue weighted by molar-refractivity contribution is 6.05. The molecule has 0 aliphatic carbocycles.